The van der Waals surface area contributed by atoms with Gasteiger partial charge < -0.3 is 10.1 Å². The monoisotopic (exact) mass is 211 g/mol. The number of ether oxygens (including phenoxy) is 1. The van der Waals surface area contributed by atoms with Crippen LogP contribution >= 0.6 is 0 Å². The van der Waals surface area contributed by atoms with Crippen molar-refractivity contribution in [2.45, 2.75) is 18.9 Å². The van der Waals surface area contributed by atoms with Crippen LogP contribution in [-0.2, 0) is 4.74 Å². The molecular formula is C9H13N3O3. The minimum Gasteiger partial charge on any atom is -0.376 e. The number of anilines is 1. The fourth-order valence-electron chi connectivity index (χ4n) is 1.59. The molecule has 0 bridgehead atoms. The first kappa shape index (κ1) is 9.97. The Hall–Kier alpha value is -1.56. The predicted molar refractivity (Wildman–Crippen MR) is 55.1 cm³/mol. The van der Waals surface area contributed by atoms with Gasteiger partial charge in [-0.1, -0.05) is 0 Å². The van der Waals surface area contributed by atoms with Crippen LogP contribution in [0, 0.1) is 0 Å². The molecule has 1 fully saturated rings. The van der Waals surface area contributed by atoms with Crippen molar-refractivity contribution in [3.05, 3.63) is 26.9 Å². The molecule has 0 amide bonds. The first-order valence-corrected chi connectivity index (χ1v) is 4.93. The van der Waals surface area contributed by atoms with E-state index in [-0.39, 0.29) is 6.10 Å². The molecule has 82 valence electrons. The van der Waals surface area contributed by atoms with Gasteiger partial charge in [0.2, 0.25) is 0 Å². The fraction of sp³-hybridized carbons (Fsp3) is 0.556. The molecule has 0 aliphatic carbocycles. The maximum Gasteiger partial charge on any atom is 0.327 e. The molecule has 1 aromatic rings. The molecule has 1 saturated heterocycles. The lowest BCUT2D eigenvalue weighted by Crippen LogP contribution is -2.25. The van der Waals surface area contributed by atoms with Crippen molar-refractivity contribution < 1.29 is 4.74 Å². The number of H-pyrrole nitrogens is 2. The summed E-state index contributed by atoms with van der Waals surface area (Å²) in [4.78, 5) is 26.5. The molecule has 1 aliphatic rings. The Kier molecular flexibility index (Phi) is 2.86. The molecule has 2 heterocycles. The summed E-state index contributed by atoms with van der Waals surface area (Å²) >= 11 is 0. The highest BCUT2D eigenvalue weighted by molar-refractivity contribution is 5.31. The fourth-order valence-corrected chi connectivity index (χ4v) is 1.59. The Morgan fingerprint density at radius 1 is 1.47 bits per heavy atom. The van der Waals surface area contributed by atoms with Crippen molar-refractivity contribution in [1.29, 1.82) is 0 Å². The van der Waals surface area contributed by atoms with Crippen molar-refractivity contribution in [3.63, 3.8) is 0 Å². The van der Waals surface area contributed by atoms with Gasteiger partial charge in [-0.2, -0.15) is 0 Å². The Labute approximate surface area is 85.7 Å². The second-order valence-electron chi connectivity index (χ2n) is 3.52. The third kappa shape index (κ3) is 2.69. The lowest BCUT2D eigenvalue weighted by Gasteiger charge is -2.10. The normalized spacial score (nSPS) is 20.4. The van der Waals surface area contributed by atoms with Crippen LogP contribution in [0.1, 0.15) is 12.8 Å². The topological polar surface area (TPSA) is 87.0 Å². The van der Waals surface area contributed by atoms with Gasteiger partial charge in [0.1, 0.15) is 5.82 Å². The second kappa shape index (κ2) is 4.31. The molecule has 0 saturated carbocycles. The van der Waals surface area contributed by atoms with Gasteiger partial charge in [-0.25, -0.2) is 4.79 Å². The van der Waals surface area contributed by atoms with E-state index in [2.05, 4.69) is 15.3 Å². The number of aromatic nitrogens is 2. The Balaban J connectivity index is 1.98. The van der Waals surface area contributed by atoms with Crippen LogP contribution in [0.4, 0.5) is 5.82 Å². The molecule has 1 aliphatic heterocycles. The summed E-state index contributed by atoms with van der Waals surface area (Å²) in [6.45, 7) is 1.40. The zero-order valence-electron chi connectivity index (χ0n) is 8.21. The Bertz CT molecular complexity index is 402. The maximum absolute atomic E-state index is 11.0. The van der Waals surface area contributed by atoms with E-state index in [0.717, 1.165) is 19.4 Å². The summed E-state index contributed by atoms with van der Waals surface area (Å²) in [5.74, 6) is 0.430. The molecule has 0 spiro atoms. The third-order valence-corrected chi connectivity index (χ3v) is 2.30. The number of nitrogens with one attached hydrogen (secondary N) is 3. The van der Waals surface area contributed by atoms with Gasteiger partial charge in [0.25, 0.3) is 5.56 Å². The highest BCUT2D eigenvalue weighted by Gasteiger charge is 2.14. The summed E-state index contributed by atoms with van der Waals surface area (Å²) in [6, 6.07) is 1.32. The van der Waals surface area contributed by atoms with Gasteiger partial charge in [-0.05, 0) is 12.8 Å². The van der Waals surface area contributed by atoms with Crippen LogP contribution < -0.4 is 16.6 Å². The van der Waals surface area contributed by atoms with Gasteiger partial charge >= 0.3 is 5.69 Å². The van der Waals surface area contributed by atoms with E-state index in [1.165, 1.54) is 6.07 Å². The van der Waals surface area contributed by atoms with Crippen molar-refractivity contribution in [2.24, 2.45) is 0 Å². The SMILES string of the molecule is O=c1cc(NCC2CCCO2)[nH]c(=O)[nH]1. The Morgan fingerprint density at radius 3 is 3.00 bits per heavy atom. The smallest absolute Gasteiger partial charge is 0.327 e. The summed E-state index contributed by atoms with van der Waals surface area (Å²) in [5, 5.41) is 2.97. The van der Waals surface area contributed by atoms with E-state index < -0.39 is 11.2 Å². The van der Waals surface area contributed by atoms with Gasteiger partial charge in [-0.3, -0.25) is 14.8 Å². The molecule has 15 heavy (non-hydrogen) atoms. The van der Waals surface area contributed by atoms with E-state index in [9.17, 15) is 9.59 Å². The Morgan fingerprint density at radius 2 is 2.33 bits per heavy atom. The lowest BCUT2D eigenvalue weighted by atomic mass is 10.2. The zero-order chi connectivity index (χ0) is 10.7. The van der Waals surface area contributed by atoms with Gasteiger partial charge in [0, 0.05) is 19.2 Å². The molecular weight excluding hydrogens is 198 g/mol. The zero-order valence-corrected chi connectivity index (χ0v) is 8.21. The second-order valence-corrected chi connectivity index (χ2v) is 3.52. The van der Waals surface area contributed by atoms with Crippen LogP contribution in [0.5, 0.6) is 0 Å². The van der Waals surface area contributed by atoms with Crippen molar-refractivity contribution in [1.82, 2.24) is 9.97 Å². The standard InChI is InChI=1S/C9H13N3O3/c13-8-4-7(11-9(14)12-8)10-5-6-2-1-3-15-6/h4,6H,1-3,5H2,(H3,10,11,12,13,14). The first-order chi connectivity index (χ1) is 7.24. The molecule has 6 heteroatoms. The highest BCUT2D eigenvalue weighted by Crippen LogP contribution is 2.11. The van der Waals surface area contributed by atoms with E-state index in [4.69, 9.17) is 4.74 Å². The molecule has 1 unspecified atom stereocenters. The van der Waals surface area contributed by atoms with Crippen LogP contribution in [0.25, 0.3) is 0 Å². The van der Waals surface area contributed by atoms with Crippen LogP contribution in [0.15, 0.2) is 15.7 Å². The summed E-state index contributed by atoms with van der Waals surface area (Å²) in [5.41, 5.74) is -0.911. The lowest BCUT2D eigenvalue weighted by molar-refractivity contribution is 0.120. The molecule has 1 atom stereocenters. The first-order valence-electron chi connectivity index (χ1n) is 4.93. The van der Waals surface area contributed by atoms with Gasteiger partial charge in [0.15, 0.2) is 0 Å². The minimum absolute atomic E-state index is 0.174. The average molecular weight is 211 g/mol. The highest BCUT2D eigenvalue weighted by atomic mass is 16.5. The number of hydrogen-bond acceptors (Lipinski definition) is 4. The van der Waals surface area contributed by atoms with E-state index in [0.29, 0.717) is 12.4 Å². The van der Waals surface area contributed by atoms with E-state index >= 15 is 0 Å². The van der Waals surface area contributed by atoms with E-state index in [1.807, 2.05) is 0 Å². The maximum atomic E-state index is 11.0. The predicted octanol–water partition coefficient (Wildman–Crippen LogP) is -0.346. The van der Waals surface area contributed by atoms with E-state index in [1.54, 1.807) is 0 Å². The summed E-state index contributed by atoms with van der Waals surface area (Å²) < 4.78 is 5.39. The van der Waals surface area contributed by atoms with Crippen LogP contribution in [0.3, 0.4) is 0 Å². The summed E-state index contributed by atoms with van der Waals surface area (Å²) in [7, 11) is 0. The van der Waals surface area contributed by atoms with Gasteiger partial charge in [0.05, 0.1) is 6.10 Å². The average Bonchev–Trinajstić information content (AvgIpc) is 2.65. The van der Waals surface area contributed by atoms with Gasteiger partial charge in [-0.15, -0.1) is 0 Å². The quantitative estimate of drug-likeness (QED) is 0.638. The molecule has 1 aromatic heterocycles. The van der Waals surface area contributed by atoms with Crippen LogP contribution in [0.2, 0.25) is 0 Å². The van der Waals surface area contributed by atoms with Crippen molar-refractivity contribution in [3.8, 4) is 0 Å². The minimum atomic E-state index is -0.502. The molecule has 0 radical (unpaired) electrons. The molecule has 0 aromatic carbocycles. The summed E-state index contributed by atoms with van der Waals surface area (Å²) in [6.07, 6.45) is 2.26. The largest absolute Gasteiger partial charge is 0.376 e. The van der Waals surface area contributed by atoms with Crippen molar-refractivity contribution in [2.75, 3.05) is 18.5 Å². The van der Waals surface area contributed by atoms with Crippen LogP contribution in [-0.4, -0.2) is 29.2 Å². The van der Waals surface area contributed by atoms with Crippen molar-refractivity contribution >= 4 is 5.82 Å². The number of aromatic amines is 2. The molecule has 2 rings (SSSR count). The number of hydrogen-bond donors (Lipinski definition) is 3. The third-order valence-electron chi connectivity index (χ3n) is 2.30. The molecule has 6 nitrogen and oxygen atoms in total. The number of rotatable bonds is 3. The molecule has 3 N–H and O–H groups in total.